The number of hydrogen-bond donors (Lipinski definition) is 0. The van der Waals surface area contributed by atoms with Crippen LogP contribution in [-0.2, 0) is 0 Å². The maximum Gasteiger partial charge on any atom is 0.269 e. The van der Waals surface area contributed by atoms with Gasteiger partial charge in [0.2, 0.25) is 0 Å². The van der Waals surface area contributed by atoms with Crippen molar-refractivity contribution in [2.75, 3.05) is 18.0 Å². The number of amidine groups is 1. The van der Waals surface area contributed by atoms with Crippen molar-refractivity contribution in [1.29, 1.82) is 0 Å². The molecule has 0 unspecified atom stereocenters. The molecular weight excluding hydrogens is 218 g/mol. The quantitative estimate of drug-likeness (QED) is 0.349. The second-order valence-corrected chi connectivity index (χ2v) is 3.54. The average Bonchev–Trinajstić information content (AvgIpc) is 2.31. The Bertz CT molecular complexity index is 412. The van der Waals surface area contributed by atoms with Gasteiger partial charge in [-0.05, 0) is 32.9 Å². The molecule has 0 aliphatic rings. The average molecular weight is 235 g/mol. The molecule has 0 aliphatic heterocycles. The number of hydrogen-bond acceptors (Lipinski definition) is 3. The minimum absolute atomic E-state index is 0.106. The second-order valence-electron chi connectivity index (χ2n) is 3.54. The maximum absolute atomic E-state index is 10.6. The first-order valence-electron chi connectivity index (χ1n) is 5.63. The Morgan fingerprint density at radius 3 is 2.35 bits per heavy atom. The Labute approximate surface area is 101 Å². The molecule has 0 aliphatic carbocycles. The highest BCUT2D eigenvalue weighted by Gasteiger charge is 2.09. The van der Waals surface area contributed by atoms with Gasteiger partial charge in [0.1, 0.15) is 5.84 Å². The van der Waals surface area contributed by atoms with Gasteiger partial charge >= 0.3 is 0 Å². The van der Waals surface area contributed by atoms with Crippen LogP contribution in [0.25, 0.3) is 0 Å². The van der Waals surface area contributed by atoms with Gasteiger partial charge in [-0.2, -0.15) is 0 Å². The van der Waals surface area contributed by atoms with E-state index in [2.05, 4.69) is 4.99 Å². The SMILES string of the molecule is CCN=C(C)N(CC)c1ccc([N+](=O)[O-])cc1. The molecule has 0 saturated heterocycles. The zero-order chi connectivity index (χ0) is 12.8. The van der Waals surface area contributed by atoms with E-state index in [1.807, 2.05) is 25.7 Å². The van der Waals surface area contributed by atoms with E-state index in [4.69, 9.17) is 0 Å². The summed E-state index contributed by atoms with van der Waals surface area (Å²) < 4.78 is 0. The fourth-order valence-corrected chi connectivity index (χ4v) is 1.67. The molecule has 0 fully saturated rings. The Kier molecular flexibility index (Phi) is 4.63. The van der Waals surface area contributed by atoms with Crippen LogP contribution in [0.5, 0.6) is 0 Å². The van der Waals surface area contributed by atoms with E-state index in [0.29, 0.717) is 0 Å². The summed E-state index contributed by atoms with van der Waals surface area (Å²) in [6.45, 7) is 7.46. The molecule has 0 spiro atoms. The number of nitro groups is 1. The van der Waals surface area contributed by atoms with Gasteiger partial charge in [0.05, 0.1) is 4.92 Å². The number of anilines is 1. The monoisotopic (exact) mass is 235 g/mol. The Morgan fingerprint density at radius 2 is 1.94 bits per heavy atom. The van der Waals surface area contributed by atoms with E-state index in [-0.39, 0.29) is 5.69 Å². The maximum atomic E-state index is 10.6. The van der Waals surface area contributed by atoms with Crippen LogP contribution >= 0.6 is 0 Å². The lowest BCUT2D eigenvalue weighted by atomic mass is 10.2. The summed E-state index contributed by atoms with van der Waals surface area (Å²) in [5.74, 6) is 0.920. The number of nitro benzene ring substituents is 1. The van der Waals surface area contributed by atoms with Crippen LogP contribution in [0.15, 0.2) is 29.3 Å². The molecule has 0 heterocycles. The molecule has 1 aromatic carbocycles. The summed E-state index contributed by atoms with van der Waals surface area (Å²) in [7, 11) is 0. The van der Waals surface area contributed by atoms with Gasteiger partial charge in [0.15, 0.2) is 0 Å². The highest BCUT2D eigenvalue weighted by Crippen LogP contribution is 2.19. The van der Waals surface area contributed by atoms with E-state index >= 15 is 0 Å². The number of nitrogens with zero attached hydrogens (tertiary/aromatic N) is 3. The Morgan fingerprint density at radius 1 is 1.35 bits per heavy atom. The van der Waals surface area contributed by atoms with Crippen LogP contribution in [0.1, 0.15) is 20.8 Å². The molecule has 0 saturated carbocycles. The molecule has 0 aromatic heterocycles. The molecule has 17 heavy (non-hydrogen) atoms. The van der Waals surface area contributed by atoms with E-state index < -0.39 is 4.92 Å². The predicted molar refractivity (Wildman–Crippen MR) is 69.8 cm³/mol. The summed E-state index contributed by atoms with van der Waals surface area (Å²) >= 11 is 0. The first-order valence-corrected chi connectivity index (χ1v) is 5.63. The van der Waals surface area contributed by atoms with Crippen molar-refractivity contribution in [3.63, 3.8) is 0 Å². The third kappa shape index (κ3) is 3.27. The third-order valence-electron chi connectivity index (χ3n) is 2.47. The van der Waals surface area contributed by atoms with E-state index in [9.17, 15) is 10.1 Å². The zero-order valence-electron chi connectivity index (χ0n) is 10.4. The minimum atomic E-state index is -0.396. The van der Waals surface area contributed by atoms with Gasteiger partial charge in [-0.1, -0.05) is 0 Å². The highest BCUT2D eigenvalue weighted by molar-refractivity contribution is 5.95. The van der Waals surface area contributed by atoms with Crippen molar-refractivity contribution < 1.29 is 4.92 Å². The van der Waals surface area contributed by atoms with Crippen LogP contribution in [0.4, 0.5) is 11.4 Å². The van der Waals surface area contributed by atoms with E-state index in [1.165, 1.54) is 12.1 Å². The molecule has 0 bridgehead atoms. The van der Waals surface area contributed by atoms with Crippen molar-refractivity contribution in [3.8, 4) is 0 Å². The lowest BCUT2D eigenvalue weighted by Gasteiger charge is -2.22. The van der Waals surface area contributed by atoms with Gasteiger partial charge in [0.25, 0.3) is 5.69 Å². The third-order valence-corrected chi connectivity index (χ3v) is 2.47. The number of non-ortho nitro benzene ring substituents is 1. The molecule has 0 amide bonds. The van der Waals surface area contributed by atoms with Gasteiger partial charge in [0, 0.05) is 30.9 Å². The van der Waals surface area contributed by atoms with Crippen LogP contribution < -0.4 is 4.90 Å². The van der Waals surface area contributed by atoms with Crippen LogP contribution in [0.2, 0.25) is 0 Å². The van der Waals surface area contributed by atoms with Crippen molar-refractivity contribution in [1.82, 2.24) is 0 Å². The van der Waals surface area contributed by atoms with E-state index in [0.717, 1.165) is 24.6 Å². The van der Waals surface area contributed by atoms with Crippen LogP contribution in [0.3, 0.4) is 0 Å². The van der Waals surface area contributed by atoms with Crippen molar-refractivity contribution in [2.45, 2.75) is 20.8 Å². The fourth-order valence-electron chi connectivity index (χ4n) is 1.67. The minimum Gasteiger partial charge on any atom is -0.331 e. The smallest absolute Gasteiger partial charge is 0.269 e. The zero-order valence-corrected chi connectivity index (χ0v) is 10.4. The normalized spacial score (nSPS) is 11.4. The second kappa shape index (κ2) is 5.98. The lowest BCUT2D eigenvalue weighted by molar-refractivity contribution is -0.384. The van der Waals surface area contributed by atoms with E-state index in [1.54, 1.807) is 12.1 Å². The van der Waals surface area contributed by atoms with Gasteiger partial charge < -0.3 is 4.90 Å². The topological polar surface area (TPSA) is 58.7 Å². The van der Waals surface area contributed by atoms with Crippen molar-refractivity contribution >= 4 is 17.2 Å². The van der Waals surface area contributed by atoms with Crippen LogP contribution in [0, 0.1) is 10.1 Å². The molecule has 92 valence electrons. The molecule has 1 aromatic rings. The molecule has 5 nitrogen and oxygen atoms in total. The van der Waals surface area contributed by atoms with Gasteiger partial charge in [-0.25, -0.2) is 0 Å². The summed E-state index contributed by atoms with van der Waals surface area (Å²) in [5.41, 5.74) is 1.03. The van der Waals surface area contributed by atoms with Crippen molar-refractivity contribution in [3.05, 3.63) is 34.4 Å². The molecule has 1 rings (SSSR count). The largest absolute Gasteiger partial charge is 0.331 e. The number of aliphatic imine (C=N–C) groups is 1. The number of benzene rings is 1. The Balaban J connectivity index is 2.97. The lowest BCUT2D eigenvalue weighted by Crippen LogP contribution is -2.28. The Hall–Kier alpha value is -1.91. The number of rotatable bonds is 4. The van der Waals surface area contributed by atoms with Crippen molar-refractivity contribution in [2.24, 2.45) is 4.99 Å². The predicted octanol–water partition coefficient (Wildman–Crippen LogP) is 2.86. The summed E-state index contributed by atoms with van der Waals surface area (Å²) in [5, 5.41) is 10.6. The standard InChI is InChI=1S/C12H17N3O2/c1-4-13-10(3)14(5-2)11-6-8-12(9-7-11)15(16)17/h6-9H,4-5H2,1-3H3. The highest BCUT2D eigenvalue weighted by atomic mass is 16.6. The summed E-state index contributed by atoms with van der Waals surface area (Å²) in [6, 6.07) is 6.51. The molecule has 5 heteroatoms. The molecule has 0 atom stereocenters. The first kappa shape index (κ1) is 13.2. The van der Waals surface area contributed by atoms with Gasteiger partial charge in [-0.15, -0.1) is 0 Å². The first-order chi connectivity index (χ1) is 8.10. The fraction of sp³-hybridized carbons (Fsp3) is 0.417. The van der Waals surface area contributed by atoms with Gasteiger partial charge in [-0.3, -0.25) is 15.1 Å². The van der Waals surface area contributed by atoms with Crippen LogP contribution in [-0.4, -0.2) is 23.8 Å². The molecule has 0 radical (unpaired) electrons. The molecular formula is C12H17N3O2. The summed E-state index contributed by atoms with van der Waals surface area (Å²) in [4.78, 5) is 16.5. The summed E-state index contributed by atoms with van der Waals surface area (Å²) in [6.07, 6.45) is 0. The molecule has 0 N–H and O–H groups in total.